The van der Waals surface area contributed by atoms with Crippen molar-refractivity contribution in [1.82, 2.24) is 20.5 Å². The molecule has 10 N–H and O–H groups in total. The van der Waals surface area contributed by atoms with Gasteiger partial charge in [0, 0.05) is 18.0 Å². The van der Waals surface area contributed by atoms with Gasteiger partial charge in [0.1, 0.15) is 22.9 Å². The highest BCUT2D eigenvalue weighted by atomic mass is 79.9. The van der Waals surface area contributed by atoms with E-state index in [0.29, 0.717) is 26.9 Å². The topological polar surface area (TPSA) is 183 Å². The first-order chi connectivity index (χ1) is 14.7. The molecule has 6 rings (SSSR count). The number of aliphatic imine (C=N–C) groups is 2. The minimum absolute atomic E-state index is 0.0984. The molecular weight excluding hydrogens is 558 g/mol. The Labute approximate surface area is 198 Å². The van der Waals surface area contributed by atoms with Crippen LogP contribution in [0.25, 0.3) is 0 Å². The molecule has 1 amide bonds. The van der Waals surface area contributed by atoms with Crippen LogP contribution < -0.4 is 27.8 Å². The Bertz CT molecular complexity index is 1090. The van der Waals surface area contributed by atoms with Gasteiger partial charge in [0.25, 0.3) is 5.91 Å². The Kier molecular flexibility index (Phi) is 3.93. The predicted molar refractivity (Wildman–Crippen MR) is 120 cm³/mol. The van der Waals surface area contributed by atoms with Crippen LogP contribution in [0.4, 0.5) is 0 Å². The minimum atomic E-state index is -1.21. The van der Waals surface area contributed by atoms with Gasteiger partial charge in [-0.3, -0.25) is 4.79 Å². The van der Waals surface area contributed by atoms with E-state index >= 15 is 0 Å². The van der Waals surface area contributed by atoms with Crippen molar-refractivity contribution in [3.63, 3.8) is 0 Å². The van der Waals surface area contributed by atoms with Crippen LogP contribution >= 0.6 is 43.5 Å². The highest BCUT2D eigenvalue weighted by molar-refractivity contribution is 9.13. The van der Waals surface area contributed by atoms with Gasteiger partial charge >= 0.3 is 0 Å². The molecule has 5 heterocycles. The maximum Gasteiger partial charge on any atom is 0.272 e. The van der Waals surface area contributed by atoms with Crippen LogP contribution in [0, 0.1) is 17.8 Å². The van der Waals surface area contributed by atoms with Crippen molar-refractivity contribution >= 4 is 61.3 Å². The molecule has 14 heteroatoms. The number of halogens is 3. The summed E-state index contributed by atoms with van der Waals surface area (Å²) in [7, 11) is 0. The number of alkyl halides is 1. The number of amides is 1. The molecule has 2 spiro atoms. The quantitative estimate of drug-likeness (QED) is 0.210. The SMILES string of the molecule is NC[C@H]1[C@H]2CN3C(=O)c4[nH]c(Br)c(Br)c4[C@H]4N=C(N)N[C@]43[C@H]2[C@@]2(NC(N)=N[C@@H]2O)[C@H]1Cl. The summed E-state index contributed by atoms with van der Waals surface area (Å²) < 4.78 is 1.34. The number of fused-ring (bicyclic) bond motifs is 4. The van der Waals surface area contributed by atoms with Crippen molar-refractivity contribution in [3.05, 3.63) is 20.3 Å². The zero-order valence-electron chi connectivity index (χ0n) is 15.9. The zero-order valence-corrected chi connectivity index (χ0v) is 19.9. The zero-order chi connectivity index (χ0) is 22.0. The van der Waals surface area contributed by atoms with Crippen molar-refractivity contribution in [2.24, 2.45) is 44.9 Å². The summed E-state index contributed by atoms with van der Waals surface area (Å²) in [6.45, 7) is 0.662. The van der Waals surface area contributed by atoms with Crippen molar-refractivity contribution < 1.29 is 9.90 Å². The lowest BCUT2D eigenvalue weighted by molar-refractivity contribution is -0.0124. The number of carbonyl (C=O) groups excluding carboxylic acids is 1. The number of rotatable bonds is 1. The molecule has 1 aromatic heterocycles. The van der Waals surface area contributed by atoms with E-state index in [0.717, 1.165) is 0 Å². The Balaban J connectivity index is 1.62. The molecule has 2 fully saturated rings. The molecule has 166 valence electrons. The third kappa shape index (κ3) is 2.06. The van der Waals surface area contributed by atoms with Crippen LogP contribution in [-0.4, -0.2) is 68.7 Å². The van der Waals surface area contributed by atoms with Crippen molar-refractivity contribution in [2.45, 2.75) is 28.8 Å². The maximum absolute atomic E-state index is 13.7. The molecule has 1 aliphatic carbocycles. The van der Waals surface area contributed by atoms with Gasteiger partial charge in [-0.1, -0.05) is 0 Å². The predicted octanol–water partition coefficient (Wildman–Crippen LogP) is -0.932. The molecule has 1 saturated carbocycles. The Morgan fingerprint density at radius 2 is 1.97 bits per heavy atom. The van der Waals surface area contributed by atoms with Crippen LogP contribution in [0.15, 0.2) is 19.1 Å². The number of nitrogens with one attached hydrogen (secondary N) is 3. The molecule has 11 nitrogen and oxygen atoms in total. The van der Waals surface area contributed by atoms with E-state index in [-0.39, 0.29) is 36.2 Å². The molecule has 0 aromatic carbocycles. The van der Waals surface area contributed by atoms with Crippen LogP contribution in [0.2, 0.25) is 0 Å². The van der Waals surface area contributed by atoms with Gasteiger partial charge in [0.15, 0.2) is 18.1 Å². The van der Waals surface area contributed by atoms with E-state index in [9.17, 15) is 9.90 Å². The average molecular weight is 578 g/mol. The Hall–Kier alpha value is -1.54. The second-order valence-electron chi connectivity index (χ2n) is 8.71. The van der Waals surface area contributed by atoms with Crippen LogP contribution in [0.1, 0.15) is 22.1 Å². The fourth-order valence-electron chi connectivity index (χ4n) is 6.67. The van der Waals surface area contributed by atoms with Crippen molar-refractivity contribution in [1.29, 1.82) is 0 Å². The van der Waals surface area contributed by atoms with Gasteiger partial charge in [0.05, 0.1) is 14.5 Å². The number of aromatic nitrogens is 1. The lowest BCUT2D eigenvalue weighted by Crippen LogP contribution is -2.73. The number of nitrogens with zero attached hydrogens (tertiary/aromatic N) is 3. The molecular formula is C17H20Br2ClN9O2. The van der Waals surface area contributed by atoms with Gasteiger partial charge < -0.3 is 42.8 Å². The summed E-state index contributed by atoms with van der Waals surface area (Å²) in [5, 5.41) is 17.0. The molecule has 1 saturated heterocycles. The van der Waals surface area contributed by atoms with Crippen LogP contribution in [0.5, 0.6) is 0 Å². The standard InChI is InChI=1S/C17H20Br2ClN9O2/c18-6-5-7(24-11(6)19)12(30)29-2-4-3(1-21)9(20)16(13(31)26-15(23)27-16)8(4)17(29)10(5)25-14(22)28-17/h3-4,8-10,13,24,31H,1-2,21H2,(H3,22,25,28)(H3,23,26,27)/t3-,4+,8+,9-,10+,13+,16+,17-/m0/s1. The van der Waals surface area contributed by atoms with Gasteiger partial charge in [0.2, 0.25) is 0 Å². The summed E-state index contributed by atoms with van der Waals surface area (Å²) >= 11 is 14.0. The maximum atomic E-state index is 13.7. The molecule has 8 atom stereocenters. The summed E-state index contributed by atoms with van der Waals surface area (Å²) in [6, 6.07) is -0.541. The molecule has 4 aliphatic heterocycles. The Morgan fingerprint density at radius 3 is 2.61 bits per heavy atom. The number of aliphatic hydroxyl groups is 1. The van der Waals surface area contributed by atoms with E-state index in [2.05, 4.69) is 52.5 Å². The first-order valence-corrected chi connectivity index (χ1v) is 11.8. The van der Waals surface area contributed by atoms with Gasteiger partial charge in [-0.15, -0.1) is 11.6 Å². The van der Waals surface area contributed by atoms with E-state index in [1.54, 1.807) is 4.90 Å². The second-order valence-corrected chi connectivity index (χ2v) is 10.8. The average Bonchev–Trinajstić information content (AvgIpc) is 3.43. The number of aromatic amines is 1. The molecule has 31 heavy (non-hydrogen) atoms. The molecule has 0 bridgehead atoms. The first-order valence-electron chi connectivity index (χ1n) is 9.82. The number of hydrogen-bond donors (Lipinski definition) is 7. The van der Waals surface area contributed by atoms with E-state index < -0.39 is 34.8 Å². The third-order valence-corrected chi connectivity index (χ3v) is 10.3. The first kappa shape index (κ1) is 20.1. The van der Waals surface area contributed by atoms with Crippen LogP contribution in [0.3, 0.4) is 0 Å². The Morgan fingerprint density at radius 1 is 1.26 bits per heavy atom. The van der Waals surface area contributed by atoms with Crippen molar-refractivity contribution in [2.75, 3.05) is 13.1 Å². The smallest absolute Gasteiger partial charge is 0.272 e. The number of guanidine groups is 2. The summed E-state index contributed by atoms with van der Waals surface area (Å²) in [5.41, 5.74) is 17.3. The lowest BCUT2D eigenvalue weighted by atomic mass is 9.70. The summed E-state index contributed by atoms with van der Waals surface area (Å²) in [6.07, 6.45) is -1.21. The molecule has 0 unspecified atom stereocenters. The molecule has 0 radical (unpaired) electrons. The number of carbonyl (C=O) groups is 1. The van der Waals surface area contributed by atoms with Crippen LogP contribution in [-0.2, 0) is 0 Å². The second kappa shape index (κ2) is 6.07. The fourth-order valence-corrected chi connectivity index (χ4v) is 8.19. The lowest BCUT2D eigenvalue weighted by Gasteiger charge is -2.51. The molecule has 1 aromatic rings. The van der Waals surface area contributed by atoms with Gasteiger partial charge in [-0.05, 0) is 50.2 Å². The van der Waals surface area contributed by atoms with E-state index in [1.807, 2.05) is 0 Å². The minimum Gasteiger partial charge on any atom is -0.370 e. The fraction of sp³-hybridized carbons (Fsp3) is 0.588. The van der Waals surface area contributed by atoms with Crippen molar-refractivity contribution in [3.8, 4) is 0 Å². The summed E-state index contributed by atoms with van der Waals surface area (Å²) in [5.74, 6) is -0.644. The highest BCUT2D eigenvalue weighted by Crippen LogP contribution is 2.65. The highest BCUT2D eigenvalue weighted by Gasteiger charge is 2.79. The number of hydrogen-bond acceptors (Lipinski definition) is 9. The van der Waals surface area contributed by atoms with E-state index in [4.69, 9.17) is 33.8 Å². The third-order valence-electron chi connectivity index (χ3n) is 7.62. The summed E-state index contributed by atoms with van der Waals surface area (Å²) in [4.78, 5) is 27.4. The molecule has 5 aliphatic rings. The van der Waals surface area contributed by atoms with Gasteiger partial charge in [-0.25, -0.2) is 9.98 Å². The van der Waals surface area contributed by atoms with E-state index in [1.165, 1.54) is 0 Å². The number of aliphatic hydroxyl groups excluding tert-OH is 1. The van der Waals surface area contributed by atoms with Gasteiger partial charge in [-0.2, -0.15) is 0 Å². The monoisotopic (exact) mass is 575 g/mol. The number of nitrogens with two attached hydrogens (primary N) is 3. The normalized spacial score (nSPS) is 44.4. The largest absolute Gasteiger partial charge is 0.370 e. The number of H-pyrrole nitrogens is 1.